The van der Waals surface area contributed by atoms with Crippen LogP contribution in [0.15, 0.2) is 48.8 Å². The Hall–Kier alpha value is -2.73. The number of aryl methyl sites for hydroxylation is 3. The van der Waals surface area contributed by atoms with Crippen molar-refractivity contribution in [1.29, 1.82) is 0 Å². The molecule has 0 spiro atoms. The summed E-state index contributed by atoms with van der Waals surface area (Å²) in [6.07, 6.45) is 3.34. The van der Waals surface area contributed by atoms with Gasteiger partial charge in [-0.15, -0.1) is 5.10 Å². The molecule has 2 aromatic heterocycles. The smallest absolute Gasteiger partial charge is 0.141 e. The van der Waals surface area contributed by atoms with E-state index in [1.165, 1.54) is 0 Å². The molecule has 1 unspecified atom stereocenters. The zero-order valence-electron chi connectivity index (χ0n) is 14.5. The average Bonchev–Trinajstić information content (AvgIpc) is 3.10. The molecule has 1 atom stereocenters. The van der Waals surface area contributed by atoms with Gasteiger partial charge >= 0.3 is 0 Å². The maximum atomic E-state index is 10.3. The second kappa shape index (κ2) is 7.90. The van der Waals surface area contributed by atoms with Crippen molar-refractivity contribution in [1.82, 2.24) is 20.0 Å². The van der Waals surface area contributed by atoms with Crippen molar-refractivity contribution < 1.29 is 9.84 Å². The van der Waals surface area contributed by atoms with Crippen LogP contribution in [0, 0.1) is 13.8 Å². The molecule has 3 rings (SSSR count). The SMILES string of the molecule is Cc1cccc(C)c1OCCCn1cc(C(O)c2ccccn2)nn1. The van der Waals surface area contributed by atoms with Crippen LogP contribution in [-0.4, -0.2) is 31.7 Å². The average molecular weight is 338 g/mol. The van der Waals surface area contributed by atoms with Crippen molar-refractivity contribution >= 4 is 0 Å². The number of rotatable bonds is 7. The molecule has 6 heteroatoms. The van der Waals surface area contributed by atoms with Crippen molar-refractivity contribution in [2.24, 2.45) is 0 Å². The van der Waals surface area contributed by atoms with E-state index in [0.29, 0.717) is 24.5 Å². The molecule has 2 heterocycles. The summed E-state index contributed by atoms with van der Waals surface area (Å²) in [5, 5.41) is 18.4. The quantitative estimate of drug-likeness (QED) is 0.671. The normalized spacial score (nSPS) is 12.1. The summed E-state index contributed by atoms with van der Waals surface area (Å²) in [4.78, 5) is 4.14. The van der Waals surface area contributed by atoms with E-state index in [4.69, 9.17) is 4.74 Å². The van der Waals surface area contributed by atoms with Crippen LogP contribution in [-0.2, 0) is 6.54 Å². The first kappa shape index (κ1) is 17.1. The highest BCUT2D eigenvalue weighted by atomic mass is 16.5. The highest BCUT2D eigenvalue weighted by Gasteiger charge is 2.15. The summed E-state index contributed by atoms with van der Waals surface area (Å²) in [6.45, 7) is 5.37. The van der Waals surface area contributed by atoms with Crippen LogP contribution < -0.4 is 4.74 Å². The molecule has 0 aliphatic rings. The monoisotopic (exact) mass is 338 g/mol. The highest BCUT2D eigenvalue weighted by molar-refractivity contribution is 5.39. The lowest BCUT2D eigenvalue weighted by Crippen LogP contribution is -2.06. The lowest BCUT2D eigenvalue weighted by molar-refractivity contribution is 0.210. The summed E-state index contributed by atoms with van der Waals surface area (Å²) in [7, 11) is 0. The molecule has 130 valence electrons. The molecular formula is C19H22N4O2. The topological polar surface area (TPSA) is 73.1 Å². The first-order valence-electron chi connectivity index (χ1n) is 8.33. The Morgan fingerprint density at radius 3 is 2.60 bits per heavy atom. The number of aliphatic hydroxyl groups is 1. The number of hydrogen-bond donors (Lipinski definition) is 1. The van der Waals surface area contributed by atoms with Crippen LogP contribution in [0.2, 0.25) is 0 Å². The van der Waals surface area contributed by atoms with Crippen molar-refractivity contribution in [3.05, 3.63) is 71.3 Å². The summed E-state index contributed by atoms with van der Waals surface area (Å²) in [5.74, 6) is 0.951. The number of pyridine rings is 1. The van der Waals surface area contributed by atoms with Gasteiger partial charge < -0.3 is 9.84 Å². The number of nitrogens with zero attached hydrogens (tertiary/aromatic N) is 4. The van der Waals surface area contributed by atoms with Crippen LogP contribution >= 0.6 is 0 Å². The lowest BCUT2D eigenvalue weighted by atomic mass is 10.1. The predicted octanol–water partition coefficient (Wildman–Crippen LogP) is 2.84. The third-order valence-corrected chi connectivity index (χ3v) is 3.99. The molecule has 6 nitrogen and oxygen atoms in total. The second-order valence-electron chi connectivity index (χ2n) is 5.99. The minimum absolute atomic E-state index is 0.495. The van der Waals surface area contributed by atoms with Gasteiger partial charge in [-0.2, -0.15) is 0 Å². The van der Waals surface area contributed by atoms with Gasteiger partial charge in [0, 0.05) is 19.2 Å². The molecule has 0 fully saturated rings. The largest absolute Gasteiger partial charge is 0.493 e. The van der Waals surface area contributed by atoms with Crippen molar-refractivity contribution in [2.45, 2.75) is 32.9 Å². The van der Waals surface area contributed by atoms with Gasteiger partial charge in [-0.3, -0.25) is 9.67 Å². The highest BCUT2D eigenvalue weighted by Crippen LogP contribution is 2.22. The van der Waals surface area contributed by atoms with Gasteiger partial charge in [0.05, 0.1) is 18.5 Å². The van der Waals surface area contributed by atoms with Crippen molar-refractivity contribution in [3.63, 3.8) is 0 Å². The van der Waals surface area contributed by atoms with Crippen LogP contribution in [0.1, 0.15) is 35.0 Å². The number of para-hydroxylation sites is 1. The summed E-state index contributed by atoms with van der Waals surface area (Å²) >= 11 is 0. The molecule has 0 amide bonds. The molecule has 0 radical (unpaired) electrons. The Kier molecular flexibility index (Phi) is 5.40. The van der Waals surface area contributed by atoms with Gasteiger partial charge in [0.25, 0.3) is 0 Å². The minimum Gasteiger partial charge on any atom is -0.493 e. The molecule has 0 bridgehead atoms. The van der Waals surface area contributed by atoms with Crippen LogP contribution in [0.25, 0.3) is 0 Å². The van der Waals surface area contributed by atoms with E-state index >= 15 is 0 Å². The fourth-order valence-electron chi connectivity index (χ4n) is 2.66. The van der Waals surface area contributed by atoms with Gasteiger partial charge in [0.2, 0.25) is 0 Å². The molecule has 0 saturated carbocycles. The number of aliphatic hydroxyl groups excluding tert-OH is 1. The van der Waals surface area contributed by atoms with Gasteiger partial charge in [-0.05, 0) is 37.1 Å². The molecule has 0 aliphatic carbocycles. The van der Waals surface area contributed by atoms with E-state index in [1.807, 2.05) is 44.2 Å². The molecule has 0 aliphatic heterocycles. The number of aromatic nitrogens is 4. The summed E-state index contributed by atoms with van der Waals surface area (Å²) < 4.78 is 7.61. The molecule has 3 aromatic rings. The number of hydrogen-bond acceptors (Lipinski definition) is 5. The van der Waals surface area contributed by atoms with Gasteiger partial charge in [0.1, 0.15) is 17.5 Å². The molecule has 0 saturated heterocycles. The minimum atomic E-state index is -0.860. The Morgan fingerprint density at radius 2 is 1.88 bits per heavy atom. The van der Waals surface area contributed by atoms with Crippen molar-refractivity contribution in [2.75, 3.05) is 6.61 Å². The molecule has 1 aromatic carbocycles. The Labute approximate surface area is 147 Å². The lowest BCUT2D eigenvalue weighted by Gasteiger charge is -2.11. The zero-order valence-corrected chi connectivity index (χ0v) is 14.5. The molecular weight excluding hydrogens is 316 g/mol. The van der Waals surface area contributed by atoms with E-state index in [1.54, 1.807) is 23.1 Å². The number of ether oxygens (including phenoxy) is 1. The number of benzene rings is 1. The summed E-state index contributed by atoms with van der Waals surface area (Å²) in [5.41, 5.74) is 3.34. The molecule has 25 heavy (non-hydrogen) atoms. The van der Waals surface area contributed by atoms with E-state index in [-0.39, 0.29) is 0 Å². The second-order valence-corrected chi connectivity index (χ2v) is 5.99. The van der Waals surface area contributed by atoms with E-state index in [9.17, 15) is 5.11 Å². The Balaban J connectivity index is 1.52. The molecule has 1 N–H and O–H groups in total. The van der Waals surface area contributed by atoms with Crippen molar-refractivity contribution in [3.8, 4) is 5.75 Å². The fraction of sp³-hybridized carbons (Fsp3) is 0.316. The third-order valence-electron chi connectivity index (χ3n) is 3.99. The summed E-state index contributed by atoms with van der Waals surface area (Å²) in [6, 6.07) is 11.5. The first-order valence-corrected chi connectivity index (χ1v) is 8.33. The van der Waals surface area contributed by atoms with E-state index in [2.05, 4.69) is 15.3 Å². The van der Waals surface area contributed by atoms with Gasteiger partial charge in [-0.25, -0.2) is 0 Å². The zero-order chi connectivity index (χ0) is 17.6. The first-order chi connectivity index (χ1) is 12.1. The van der Waals surface area contributed by atoms with Crippen LogP contribution in [0.5, 0.6) is 5.75 Å². The fourth-order valence-corrected chi connectivity index (χ4v) is 2.66. The standard InChI is InChI=1S/C19H22N4O2/c1-14-7-5-8-15(2)19(14)25-12-6-11-23-13-17(21-22-23)18(24)16-9-3-4-10-20-16/h3-5,7-10,13,18,24H,6,11-12H2,1-2H3. The van der Waals surface area contributed by atoms with Crippen LogP contribution in [0.3, 0.4) is 0 Å². The maximum absolute atomic E-state index is 10.3. The Bertz CT molecular complexity index is 797. The van der Waals surface area contributed by atoms with E-state index < -0.39 is 6.10 Å². The predicted molar refractivity (Wildman–Crippen MR) is 94.3 cm³/mol. The third kappa shape index (κ3) is 4.22. The maximum Gasteiger partial charge on any atom is 0.141 e. The van der Waals surface area contributed by atoms with E-state index in [0.717, 1.165) is 23.3 Å². The van der Waals surface area contributed by atoms with Gasteiger partial charge in [0.15, 0.2) is 0 Å². The Morgan fingerprint density at radius 1 is 1.08 bits per heavy atom. The van der Waals surface area contributed by atoms with Gasteiger partial charge in [-0.1, -0.05) is 29.5 Å². The van der Waals surface area contributed by atoms with Crippen LogP contribution in [0.4, 0.5) is 0 Å².